The maximum atomic E-state index is 13.1. The summed E-state index contributed by atoms with van der Waals surface area (Å²) >= 11 is 0. The molecular weight excluding hydrogens is 262 g/mol. The third-order valence-electron chi connectivity index (χ3n) is 3.37. The number of carbonyl (C=O) groups is 2. The predicted octanol–water partition coefficient (Wildman–Crippen LogP) is 0.246. The van der Waals surface area contributed by atoms with Crippen molar-refractivity contribution in [1.29, 1.82) is 0 Å². The minimum Gasteiger partial charge on any atom is -0.544 e. The largest absolute Gasteiger partial charge is 0.544 e. The van der Waals surface area contributed by atoms with E-state index in [1.165, 1.54) is 0 Å². The van der Waals surface area contributed by atoms with Crippen molar-refractivity contribution < 1.29 is 33.3 Å². The van der Waals surface area contributed by atoms with Gasteiger partial charge in [0.1, 0.15) is 12.6 Å². The zero-order valence-electron chi connectivity index (χ0n) is 10.7. The van der Waals surface area contributed by atoms with Crippen molar-refractivity contribution in [3.63, 3.8) is 0 Å². The summed E-state index contributed by atoms with van der Waals surface area (Å²) in [4.78, 5) is 21.9. The van der Waals surface area contributed by atoms with Gasteiger partial charge in [0.2, 0.25) is 0 Å². The van der Waals surface area contributed by atoms with E-state index in [9.17, 15) is 28.6 Å². The smallest absolute Gasteiger partial charge is 0.318 e. The molecule has 1 rings (SSSR count). The van der Waals surface area contributed by atoms with Crippen LogP contribution in [0.15, 0.2) is 0 Å². The first kappa shape index (κ1) is 15.8. The summed E-state index contributed by atoms with van der Waals surface area (Å²) in [6, 6.07) is 0. The monoisotopic (exact) mass is 279 g/mol. The van der Waals surface area contributed by atoms with Crippen LogP contribution in [0.1, 0.15) is 39.0 Å². The van der Waals surface area contributed by atoms with E-state index in [-0.39, 0.29) is 5.92 Å². The molecule has 0 aromatic heterocycles. The van der Waals surface area contributed by atoms with Crippen LogP contribution in [0.2, 0.25) is 0 Å². The lowest BCUT2D eigenvalue weighted by molar-refractivity contribution is -0.344. The predicted molar refractivity (Wildman–Crippen MR) is 58.1 cm³/mol. The highest BCUT2D eigenvalue weighted by atomic mass is 19.3. The highest BCUT2D eigenvalue weighted by molar-refractivity contribution is 5.75. The van der Waals surface area contributed by atoms with Gasteiger partial charge in [0.05, 0.1) is 5.92 Å². The number of hydrogen-bond acceptors (Lipinski definition) is 5. The summed E-state index contributed by atoms with van der Waals surface area (Å²) in [7, 11) is 0. The van der Waals surface area contributed by atoms with E-state index in [2.05, 4.69) is 4.74 Å². The van der Waals surface area contributed by atoms with Crippen LogP contribution in [0.4, 0.5) is 8.78 Å². The molecule has 7 heteroatoms. The van der Waals surface area contributed by atoms with Gasteiger partial charge >= 0.3 is 11.9 Å². The Hall–Kier alpha value is -1.24. The number of carbonyl (C=O) groups excluding carboxylic acids is 2. The summed E-state index contributed by atoms with van der Waals surface area (Å²) in [5.41, 5.74) is -2.99. The maximum Gasteiger partial charge on any atom is 0.318 e. The fourth-order valence-electron chi connectivity index (χ4n) is 1.98. The zero-order valence-corrected chi connectivity index (χ0v) is 10.7. The number of aliphatic hydroxyl groups is 1. The van der Waals surface area contributed by atoms with Gasteiger partial charge in [0.15, 0.2) is 5.60 Å². The molecule has 19 heavy (non-hydrogen) atoms. The number of rotatable bonds is 5. The van der Waals surface area contributed by atoms with Crippen molar-refractivity contribution in [3.05, 3.63) is 0 Å². The Morgan fingerprint density at radius 1 is 1.32 bits per heavy atom. The Morgan fingerprint density at radius 2 is 1.84 bits per heavy atom. The van der Waals surface area contributed by atoms with Crippen molar-refractivity contribution >= 4 is 11.9 Å². The number of aliphatic carboxylic acids is 1. The number of carboxylic acid groups (broad SMARTS) is 1. The van der Waals surface area contributed by atoms with Crippen LogP contribution in [0.3, 0.4) is 0 Å². The first-order valence-electron chi connectivity index (χ1n) is 6.17. The number of alkyl halides is 2. The van der Waals surface area contributed by atoms with Gasteiger partial charge < -0.3 is 19.7 Å². The summed E-state index contributed by atoms with van der Waals surface area (Å²) in [5.74, 6) is -8.22. The lowest BCUT2D eigenvalue weighted by Crippen LogP contribution is -2.59. The highest BCUT2D eigenvalue weighted by Gasteiger charge is 2.51. The van der Waals surface area contributed by atoms with E-state index >= 15 is 0 Å². The van der Waals surface area contributed by atoms with Crippen molar-refractivity contribution in [2.24, 2.45) is 5.92 Å². The SMILES string of the molecule is CC(O)(COC(=O)C1CCCCC1)C(F)(F)C(=O)[O-]. The Kier molecular flexibility index (Phi) is 4.84. The number of carboxylic acids is 1. The fourth-order valence-corrected chi connectivity index (χ4v) is 1.98. The van der Waals surface area contributed by atoms with Crippen LogP contribution in [-0.4, -0.2) is 35.2 Å². The average molecular weight is 279 g/mol. The lowest BCUT2D eigenvalue weighted by Gasteiger charge is -2.33. The second-order valence-electron chi connectivity index (χ2n) is 5.08. The van der Waals surface area contributed by atoms with Crippen LogP contribution >= 0.6 is 0 Å². The van der Waals surface area contributed by atoms with Crippen LogP contribution in [0.25, 0.3) is 0 Å². The second kappa shape index (κ2) is 5.81. The summed E-state index contributed by atoms with van der Waals surface area (Å²) < 4.78 is 30.8. The second-order valence-corrected chi connectivity index (χ2v) is 5.08. The molecule has 0 spiro atoms. The van der Waals surface area contributed by atoms with Crippen molar-refractivity contribution in [1.82, 2.24) is 0 Å². The molecule has 0 aromatic rings. The van der Waals surface area contributed by atoms with Gasteiger partial charge in [-0.3, -0.25) is 4.79 Å². The van der Waals surface area contributed by atoms with Gasteiger partial charge in [0, 0.05) is 0 Å². The minimum atomic E-state index is -4.49. The Labute approximate surface area is 109 Å². The zero-order chi connectivity index (χ0) is 14.7. The Balaban J connectivity index is 2.55. The van der Waals surface area contributed by atoms with Gasteiger partial charge in [-0.15, -0.1) is 0 Å². The molecule has 0 radical (unpaired) electrons. The van der Waals surface area contributed by atoms with Crippen molar-refractivity contribution in [2.45, 2.75) is 50.6 Å². The maximum absolute atomic E-state index is 13.1. The van der Waals surface area contributed by atoms with E-state index in [1.807, 2.05) is 0 Å². The van der Waals surface area contributed by atoms with Gasteiger partial charge in [-0.25, -0.2) is 0 Å². The Morgan fingerprint density at radius 3 is 2.32 bits per heavy atom. The molecule has 110 valence electrons. The molecule has 0 aliphatic heterocycles. The van der Waals surface area contributed by atoms with Gasteiger partial charge in [0.25, 0.3) is 0 Å². The molecular formula is C12H17F2O5-. The standard InChI is InChI=1S/C12H18F2O5/c1-11(18,12(13,14)10(16)17)7-19-9(15)8-5-3-2-4-6-8/h8,18H,2-7H2,1H3,(H,16,17)/p-1. The van der Waals surface area contributed by atoms with E-state index in [4.69, 9.17) is 0 Å². The van der Waals surface area contributed by atoms with Gasteiger partial charge in [-0.05, 0) is 19.8 Å². The first-order chi connectivity index (χ1) is 8.68. The van der Waals surface area contributed by atoms with Crippen molar-refractivity contribution in [2.75, 3.05) is 6.61 Å². The van der Waals surface area contributed by atoms with Crippen molar-refractivity contribution in [3.8, 4) is 0 Å². The molecule has 1 unspecified atom stereocenters. The lowest BCUT2D eigenvalue weighted by atomic mass is 9.89. The molecule has 1 fully saturated rings. The van der Waals surface area contributed by atoms with Gasteiger partial charge in [-0.1, -0.05) is 19.3 Å². The van der Waals surface area contributed by atoms with Crippen LogP contribution in [0, 0.1) is 5.92 Å². The molecule has 5 nitrogen and oxygen atoms in total. The average Bonchev–Trinajstić information content (AvgIpc) is 2.36. The van der Waals surface area contributed by atoms with Crippen LogP contribution in [-0.2, 0) is 14.3 Å². The van der Waals surface area contributed by atoms with Crippen LogP contribution < -0.4 is 5.11 Å². The molecule has 1 atom stereocenters. The first-order valence-corrected chi connectivity index (χ1v) is 6.17. The van der Waals surface area contributed by atoms with E-state index < -0.39 is 30.1 Å². The summed E-state index contributed by atoms with van der Waals surface area (Å²) in [5, 5.41) is 19.7. The molecule has 0 aromatic carbocycles. The van der Waals surface area contributed by atoms with Crippen LogP contribution in [0.5, 0.6) is 0 Å². The van der Waals surface area contributed by atoms with E-state index in [0.29, 0.717) is 19.8 Å². The molecule has 0 saturated heterocycles. The molecule has 1 N–H and O–H groups in total. The molecule has 0 heterocycles. The third kappa shape index (κ3) is 3.62. The summed E-state index contributed by atoms with van der Waals surface area (Å²) in [6.07, 6.45) is 4.00. The normalized spacial score (nSPS) is 20.6. The molecule has 0 amide bonds. The third-order valence-corrected chi connectivity index (χ3v) is 3.37. The number of hydrogen-bond donors (Lipinski definition) is 1. The Bertz CT molecular complexity index is 348. The molecule has 1 saturated carbocycles. The number of halogens is 2. The van der Waals surface area contributed by atoms with Gasteiger partial charge in [-0.2, -0.15) is 8.78 Å². The summed E-state index contributed by atoms with van der Waals surface area (Å²) in [6.45, 7) is -0.486. The fraction of sp³-hybridized carbons (Fsp3) is 0.833. The molecule has 0 bridgehead atoms. The number of ether oxygens (including phenoxy) is 1. The topological polar surface area (TPSA) is 86.7 Å². The highest BCUT2D eigenvalue weighted by Crippen LogP contribution is 2.30. The van der Waals surface area contributed by atoms with E-state index in [0.717, 1.165) is 19.3 Å². The molecule has 1 aliphatic carbocycles. The molecule has 1 aliphatic rings. The number of esters is 1. The van der Waals surface area contributed by atoms with E-state index in [1.54, 1.807) is 0 Å². The quantitative estimate of drug-likeness (QED) is 0.729. The minimum absolute atomic E-state index is 0.360.